The van der Waals surface area contributed by atoms with Gasteiger partial charge in [-0.15, -0.1) is 0 Å². The van der Waals surface area contributed by atoms with Crippen molar-refractivity contribution in [2.24, 2.45) is 23.3 Å². The maximum Gasteiger partial charge on any atom is 0.326 e. The molecule has 0 aliphatic carbocycles. The minimum absolute atomic E-state index is 0.00662. The summed E-state index contributed by atoms with van der Waals surface area (Å²) in [6, 6.07) is -7.41. The molecular weight excluding hydrogens is 971 g/mol. The average Bonchev–Trinajstić information content (AvgIpc) is 4.04. The topological polar surface area (TPSA) is 411 Å². The third-order valence-corrected chi connectivity index (χ3v) is 12.4. The molecule has 10 atom stereocenters. The number of aromatic hydroxyl groups is 1. The molecule has 26 nitrogen and oxygen atoms in total. The molecule has 1 aromatic rings. The van der Waals surface area contributed by atoms with Gasteiger partial charge in [-0.1, -0.05) is 39.8 Å². The second-order valence-electron chi connectivity index (χ2n) is 19.6. The first-order chi connectivity index (χ1) is 34.8. The summed E-state index contributed by atoms with van der Waals surface area (Å²) in [5, 5.41) is 57.1. The number of nitrogens with one attached hydrogen (secondary N) is 7. The van der Waals surface area contributed by atoms with Crippen molar-refractivity contribution in [2.75, 3.05) is 26.3 Å². The van der Waals surface area contributed by atoms with Gasteiger partial charge in [0.1, 0.15) is 60.1 Å². The van der Waals surface area contributed by atoms with Gasteiger partial charge in [-0.3, -0.25) is 47.9 Å². The van der Waals surface area contributed by atoms with E-state index in [4.69, 9.17) is 11.5 Å². The summed E-state index contributed by atoms with van der Waals surface area (Å²) in [7, 11) is 0. The van der Waals surface area contributed by atoms with Crippen molar-refractivity contribution >= 4 is 65.0 Å². The summed E-state index contributed by atoms with van der Waals surface area (Å²) >= 11 is 0. The fraction of sp³-hybridized carbons (Fsp3) is 0.646. The quantitative estimate of drug-likeness (QED) is 0.0382. The molecule has 2 saturated heterocycles. The number of carbonyl (C=O) groups is 11. The van der Waals surface area contributed by atoms with Gasteiger partial charge in [0, 0.05) is 25.9 Å². The van der Waals surface area contributed by atoms with E-state index in [-0.39, 0.29) is 75.6 Å². The number of primary amides is 1. The van der Waals surface area contributed by atoms with E-state index in [2.05, 4.69) is 37.2 Å². The Hall–Kier alpha value is -6.93. The predicted octanol–water partition coefficient (Wildman–Crippen LogP) is -3.90. The van der Waals surface area contributed by atoms with Gasteiger partial charge in [0.2, 0.25) is 59.1 Å². The Bertz CT molecular complexity index is 2180. The number of phenolic OH excluding ortho intramolecular Hbond substituents is 1. The smallest absolute Gasteiger partial charge is 0.326 e. The van der Waals surface area contributed by atoms with E-state index in [1.165, 1.54) is 38.1 Å². The fourth-order valence-corrected chi connectivity index (χ4v) is 8.46. The van der Waals surface area contributed by atoms with Gasteiger partial charge in [-0.25, -0.2) is 4.79 Å². The van der Waals surface area contributed by atoms with Crippen LogP contribution in [-0.4, -0.2) is 182 Å². The molecule has 0 radical (unpaired) electrons. The van der Waals surface area contributed by atoms with Gasteiger partial charge in [0.15, 0.2) is 0 Å². The van der Waals surface area contributed by atoms with Crippen LogP contribution in [0.5, 0.6) is 5.75 Å². The third kappa shape index (κ3) is 18.5. The van der Waals surface area contributed by atoms with Crippen molar-refractivity contribution in [3.05, 3.63) is 29.8 Å². The van der Waals surface area contributed by atoms with Crippen LogP contribution in [0.15, 0.2) is 24.3 Å². The third-order valence-electron chi connectivity index (χ3n) is 12.4. The number of rotatable bonds is 28. The number of carboxylic acids is 1. The Morgan fingerprint density at radius 3 is 1.53 bits per heavy atom. The minimum Gasteiger partial charge on any atom is -0.508 e. The van der Waals surface area contributed by atoms with Crippen LogP contribution in [0.1, 0.15) is 98.5 Å². The maximum absolute atomic E-state index is 14.0. The molecule has 2 aliphatic rings. The lowest BCUT2D eigenvalue weighted by Gasteiger charge is -2.31. The number of hydrogen-bond acceptors (Lipinski definition) is 15. The largest absolute Gasteiger partial charge is 0.508 e. The van der Waals surface area contributed by atoms with E-state index in [1.807, 2.05) is 13.8 Å². The molecule has 2 heterocycles. The molecular formula is C48H75N11O15. The number of nitrogens with two attached hydrogens (primary N) is 2. The summed E-state index contributed by atoms with van der Waals surface area (Å²) in [6.07, 6.45) is 0.220. The molecule has 26 heteroatoms. The summed E-state index contributed by atoms with van der Waals surface area (Å²) in [6.45, 7) is 8.05. The summed E-state index contributed by atoms with van der Waals surface area (Å²) < 4.78 is 0. The molecule has 0 bridgehead atoms. The van der Waals surface area contributed by atoms with Crippen molar-refractivity contribution < 1.29 is 73.2 Å². The highest BCUT2D eigenvalue weighted by Gasteiger charge is 2.42. The van der Waals surface area contributed by atoms with Crippen molar-refractivity contribution in [1.82, 2.24) is 47.0 Å². The first-order valence-corrected chi connectivity index (χ1v) is 24.8. The molecule has 1 aromatic carbocycles. The summed E-state index contributed by atoms with van der Waals surface area (Å²) in [5.41, 5.74) is 11.6. The molecule has 15 N–H and O–H groups in total. The SMILES string of the molecule is CC(C)C[C@H](NC(=O)[C@H](CO)NC(=O)[C@@H]1CCCN1C(=O)[C@H](CCC(N)=O)NC(=O)[C@H](C)NC(=O)[C@@H]1CCCN1C(=O)[C@H](CO)NC(=O)[C@H](Cc1ccc(O)cc1)NC(=O)[C@H](CC(C)C)NC(=O)[C@H](C)N)C(=O)O. The molecule has 412 valence electrons. The number of carboxylic acid groups (broad SMARTS) is 1. The number of carbonyl (C=O) groups excluding carboxylic acids is 10. The van der Waals surface area contributed by atoms with Crippen LogP contribution < -0.4 is 48.7 Å². The first-order valence-electron chi connectivity index (χ1n) is 24.8. The Kier molecular flexibility index (Phi) is 24.1. The molecule has 0 aromatic heterocycles. The molecule has 10 amide bonds. The van der Waals surface area contributed by atoms with Crippen LogP contribution in [-0.2, 0) is 59.2 Å². The number of hydrogen-bond donors (Lipinski definition) is 13. The zero-order chi connectivity index (χ0) is 55.6. The summed E-state index contributed by atoms with van der Waals surface area (Å²) in [5.74, 6) is -9.83. The van der Waals surface area contributed by atoms with Crippen LogP contribution in [0, 0.1) is 11.8 Å². The first kappa shape index (κ1) is 61.4. The van der Waals surface area contributed by atoms with E-state index in [0.717, 1.165) is 9.80 Å². The number of aliphatic carboxylic acids is 1. The second-order valence-corrected chi connectivity index (χ2v) is 19.6. The van der Waals surface area contributed by atoms with E-state index < -0.39 is 139 Å². The lowest BCUT2D eigenvalue weighted by atomic mass is 10.0. The number of aliphatic hydroxyl groups excluding tert-OH is 2. The van der Waals surface area contributed by atoms with Crippen molar-refractivity contribution in [3.8, 4) is 5.75 Å². The van der Waals surface area contributed by atoms with Gasteiger partial charge < -0.3 is 78.9 Å². The Labute approximate surface area is 429 Å². The average molecular weight is 1050 g/mol. The van der Waals surface area contributed by atoms with Crippen LogP contribution >= 0.6 is 0 Å². The zero-order valence-electron chi connectivity index (χ0n) is 42.8. The number of phenols is 1. The summed E-state index contributed by atoms with van der Waals surface area (Å²) in [4.78, 5) is 148. The van der Waals surface area contributed by atoms with Crippen LogP contribution in [0.2, 0.25) is 0 Å². The number of nitrogens with zero attached hydrogens (tertiary/aromatic N) is 2. The van der Waals surface area contributed by atoms with Crippen molar-refractivity contribution in [3.63, 3.8) is 0 Å². The normalized spacial score (nSPS) is 18.6. The lowest BCUT2D eigenvalue weighted by molar-refractivity contribution is -0.144. The van der Waals surface area contributed by atoms with E-state index in [1.54, 1.807) is 13.8 Å². The van der Waals surface area contributed by atoms with Crippen molar-refractivity contribution in [1.29, 1.82) is 0 Å². The monoisotopic (exact) mass is 1050 g/mol. The number of aliphatic hydroxyl groups is 2. The van der Waals surface area contributed by atoms with E-state index >= 15 is 0 Å². The lowest BCUT2D eigenvalue weighted by Crippen LogP contribution is -2.60. The highest BCUT2D eigenvalue weighted by atomic mass is 16.4. The van der Waals surface area contributed by atoms with Gasteiger partial charge in [0.05, 0.1) is 19.3 Å². The molecule has 0 unspecified atom stereocenters. The van der Waals surface area contributed by atoms with Crippen LogP contribution in [0.25, 0.3) is 0 Å². The molecule has 0 saturated carbocycles. The molecule has 0 spiro atoms. The molecule has 2 fully saturated rings. The van der Waals surface area contributed by atoms with Gasteiger partial charge in [-0.2, -0.15) is 0 Å². The minimum atomic E-state index is -1.63. The highest BCUT2D eigenvalue weighted by Crippen LogP contribution is 2.22. The van der Waals surface area contributed by atoms with Gasteiger partial charge in [-0.05, 0) is 88.3 Å². The Morgan fingerprint density at radius 2 is 1.03 bits per heavy atom. The Morgan fingerprint density at radius 1 is 0.581 bits per heavy atom. The molecule has 74 heavy (non-hydrogen) atoms. The Balaban J connectivity index is 1.74. The van der Waals surface area contributed by atoms with Gasteiger partial charge in [0.25, 0.3) is 0 Å². The second kappa shape index (κ2) is 29.1. The van der Waals surface area contributed by atoms with Crippen LogP contribution in [0.4, 0.5) is 0 Å². The molecule has 2 aliphatic heterocycles. The zero-order valence-corrected chi connectivity index (χ0v) is 42.8. The van der Waals surface area contributed by atoms with Crippen molar-refractivity contribution in [2.45, 2.75) is 160 Å². The number of benzene rings is 1. The number of likely N-dealkylation sites (tertiary alicyclic amines) is 2. The van der Waals surface area contributed by atoms with Gasteiger partial charge >= 0.3 is 5.97 Å². The maximum atomic E-state index is 14.0. The standard InChI is InChI=1S/C48H75N11O15/c1-24(2)19-31(53-39(64)26(5)49)41(66)54-32(21-28-11-13-29(62)14-12-28)42(67)57-35(23-61)47(72)59-18-7-9-36(59)44(69)51-27(6)40(65)52-30(15-16-38(50)63)46(71)58-17-8-10-37(58)45(70)56-34(22-60)43(68)55-33(48(73)74)20-25(3)4/h11-14,24-27,30-37,60-62H,7-10,15-23,49H2,1-6H3,(H2,50,63)(H,51,69)(H,52,65)(H,53,64)(H,54,66)(H,55,68)(H,56,70)(H,57,67)(H,73,74)/t26-,27-,30-,31-,32-,33-,34-,35-,36-,37-/m0/s1. The highest BCUT2D eigenvalue weighted by molar-refractivity contribution is 5.99. The number of amides is 10. The van der Waals surface area contributed by atoms with E-state index in [0.29, 0.717) is 18.4 Å². The van der Waals surface area contributed by atoms with E-state index in [9.17, 15) is 73.2 Å². The molecule has 3 rings (SSSR count). The predicted molar refractivity (Wildman–Crippen MR) is 263 cm³/mol. The van der Waals surface area contributed by atoms with Crippen LogP contribution in [0.3, 0.4) is 0 Å². The fourth-order valence-electron chi connectivity index (χ4n) is 8.46.